The third kappa shape index (κ3) is 3.92. The molecule has 100 valence electrons. The van der Waals surface area contributed by atoms with Crippen LogP contribution in [0.25, 0.3) is 0 Å². The molecule has 0 saturated carbocycles. The van der Waals surface area contributed by atoms with Crippen molar-refractivity contribution in [1.29, 1.82) is 0 Å². The Hall–Kier alpha value is -0.670. The largest absolute Gasteiger partial charge is 0.370 e. The van der Waals surface area contributed by atoms with Crippen LogP contribution in [0.4, 0.5) is 5.69 Å². The molecule has 0 amide bonds. The van der Waals surface area contributed by atoms with Crippen LogP contribution in [0.1, 0.15) is 25.8 Å². The van der Waals surface area contributed by atoms with Crippen LogP contribution in [-0.4, -0.2) is 30.6 Å². The van der Waals surface area contributed by atoms with E-state index in [2.05, 4.69) is 60.1 Å². The third-order valence-electron chi connectivity index (χ3n) is 3.30. The molecule has 0 spiro atoms. The standard InChI is InChI=1S/C15H24N2S/c1-3-8-16-11-14-4-6-15(7-5-14)17-9-10-18-13(2)12-17/h4-7,13,16H,3,8-12H2,1-2H3. The van der Waals surface area contributed by atoms with Crippen molar-refractivity contribution in [2.45, 2.75) is 32.1 Å². The summed E-state index contributed by atoms with van der Waals surface area (Å²) in [6, 6.07) is 9.05. The van der Waals surface area contributed by atoms with E-state index in [0.29, 0.717) is 0 Å². The Morgan fingerprint density at radius 2 is 2.11 bits per heavy atom. The van der Waals surface area contributed by atoms with Crippen molar-refractivity contribution >= 4 is 17.4 Å². The quantitative estimate of drug-likeness (QED) is 0.823. The number of anilines is 1. The second-order valence-corrected chi connectivity index (χ2v) is 6.52. The second-order valence-electron chi connectivity index (χ2n) is 4.97. The van der Waals surface area contributed by atoms with Gasteiger partial charge in [-0.05, 0) is 30.7 Å². The Morgan fingerprint density at radius 1 is 1.33 bits per heavy atom. The Balaban J connectivity index is 1.90. The zero-order valence-electron chi connectivity index (χ0n) is 11.5. The molecule has 1 aromatic carbocycles. The van der Waals surface area contributed by atoms with Gasteiger partial charge in [0.05, 0.1) is 0 Å². The second kappa shape index (κ2) is 7.05. The van der Waals surface area contributed by atoms with Crippen LogP contribution >= 0.6 is 11.8 Å². The van der Waals surface area contributed by atoms with Crippen molar-refractivity contribution < 1.29 is 0 Å². The van der Waals surface area contributed by atoms with Gasteiger partial charge in [0.15, 0.2) is 0 Å². The lowest BCUT2D eigenvalue weighted by atomic mass is 10.2. The smallest absolute Gasteiger partial charge is 0.0367 e. The maximum atomic E-state index is 3.44. The number of hydrogen-bond donors (Lipinski definition) is 1. The summed E-state index contributed by atoms with van der Waals surface area (Å²) in [5, 5.41) is 4.19. The van der Waals surface area contributed by atoms with Crippen LogP contribution in [0.2, 0.25) is 0 Å². The number of benzene rings is 1. The first-order chi connectivity index (χ1) is 8.79. The molecule has 1 saturated heterocycles. The highest BCUT2D eigenvalue weighted by Crippen LogP contribution is 2.23. The maximum absolute atomic E-state index is 3.44. The summed E-state index contributed by atoms with van der Waals surface area (Å²) in [4.78, 5) is 2.50. The van der Waals surface area contributed by atoms with E-state index in [9.17, 15) is 0 Å². The molecule has 0 radical (unpaired) electrons. The van der Waals surface area contributed by atoms with E-state index in [1.165, 1.54) is 36.5 Å². The Morgan fingerprint density at radius 3 is 2.78 bits per heavy atom. The number of hydrogen-bond acceptors (Lipinski definition) is 3. The fourth-order valence-electron chi connectivity index (χ4n) is 2.29. The van der Waals surface area contributed by atoms with Crippen LogP contribution in [0.15, 0.2) is 24.3 Å². The number of nitrogens with one attached hydrogen (secondary N) is 1. The van der Waals surface area contributed by atoms with E-state index < -0.39 is 0 Å². The normalized spacial score (nSPS) is 20.1. The SMILES string of the molecule is CCCNCc1ccc(N2CCSC(C)C2)cc1. The Kier molecular flexibility index (Phi) is 5.39. The molecule has 0 bridgehead atoms. The zero-order valence-corrected chi connectivity index (χ0v) is 12.3. The van der Waals surface area contributed by atoms with Gasteiger partial charge in [0.1, 0.15) is 0 Å². The van der Waals surface area contributed by atoms with Gasteiger partial charge >= 0.3 is 0 Å². The molecule has 1 aliphatic heterocycles. The molecule has 1 fully saturated rings. The molecule has 1 atom stereocenters. The van der Waals surface area contributed by atoms with E-state index >= 15 is 0 Å². The molecule has 1 unspecified atom stereocenters. The van der Waals surface area contributed by atoms with Gasteiger partial charge in [-0.15, -0.1) is 0 Å². The minimum atomic E-state index is 0.754. The fraction of sp³-hybridized carbons (Fsp3) is 0.600. The van der Waals surface area contributed by atoms with E-state index in [1.54, 1.807) is 0 Å². The van der Waals surface area contributed by atoms with E-state index in [-0.39, 0.29) is 0 Å². The van der Waals surface area contributed by atoms with Gasteiger partial charge in [0.25, 0.3) is 0 Å². The lowest BCUT2D eigenvalue weighted by Gasteiger charge is -2.32. The van der Waals surface area contributed by atoms with Crippen LogP contribution < -0.4 is 10.2 Å². The zero-order chi connectivity index (χ0) is 12.8. The van der Waals surface area contributed by atoms with Gasteiger partial charge in [-0.2, -0.15) is 11.8 Å². The van der Waals surface area contributed by atoms with Gasteiger partial charge < -0.3 is 10.2 Å². The minimum absolute atomic E-state index is 0.754. The first-order valence-corrected chi connectivity index (χ1v) is 8.00. The van der Waals surface area contributed by atoms with Crippen LogP contribution in [-0.2, 0) is 6.54 Å². The lowest BCUT2D eigenvalue weighted by molar-refractivity contribution is 0.675. The van der Waals surface area contributed by atoms with E-state index in [4.69, 9.17) is 0 Å². The summed E-state index contributed by atoms with van der Waals surface area (Å²) in [6.07, 6.45) is 1.20. The summed E-state index contributed by atoms with van der Waals surface area (Å²) in [7, 11) is 0. The van der Waals surface area contributed by atoms with Crippen molar-refractivity contribution in [3.8, 4) is 0 Å². The van der Waals surface area contributed by atoms with Crippen molar-refractivity contribution in [3.63, 3.8) is 0 Å². The molecule has 0 aromatic heterocycles. The molecule has 1 heterocycles. The van der Waals surface area contributed by atoms with Crippen LogP contribution in [0.3, 0.4) is 0 Å². The van der Waals surface area contributed by atoms with Crippen molar-refractivity contribution in [2.75, 3.05) is 30.3 Å². The van der Waals surface area contributed by atoms with Crippen LogP contribution in [0.5, 0.6) is 0 Å². The van der Waals surface area contributed by atoms with Crippen LogP contribution in [0, 0.1) is 0 Å². The third-order valence-corrected chi connectivity index (χ3v) is 4.43. The predicted molar refractivity (Wildman–Crippen MR) is 82.6 cm³/mol. The highest BCUT2D eigenvalue weighted by molar-refractivity contribution is 8.00. The summed E-state index contributed by atoms with van der Waals surface area (Å²) in [5.74, 6) is 1.25. The van der Waals surface area contributed by atoms with Gasteiger partial charge in [0.2, 0.25) is 0 Å². The summed E-state index contributed by atoms with van der Waals surface area (Å²) >= 11 is 2.08. The molecule has 3 heteroatoms. The molecule has 2 nitrogen and oxygen atoms in total. The monoisotopic (exact) mass is 264 g/mol. The lowest BCUT2D eigenvalue weighted by Crippen LogP contribution is -2.36. The topological polar surface area (TPSA) is 15.3 Å². The van der Waals surface area contributed by atoms with Gasteiger partial charge in [-0.3, -0.25) is 0 Å². The van der Waals surface area contributed by atoms with Gasteiger partial charge in [-0.25, -0.2) is 0 Å². The average Bonchev–Trinajstić information content (AvgIpc) is 2.40. The molecule has 1 N–H and O–H groups in total. The Bertz CT molecular complexity index is 350. The number of rotatable bonds is 5. The highest BCUT2D eigenvalue weighted by Gasteiger charge is 2.16. The average molecular weight is 264 g/mol. The summed E-state index contributed by atoms with van der Waals surface area (Å²) < 4.78 is 0. The number of thioether (sulfide) groups is 1. The molecular formula is C15H24N2S. The summed E-state index contributed by atoms with van der Waals surface area (Å²) in [6.45, 7) is 8.97. The minimum Gasteiger partial charge on any atom is -0.370 e. The maximum Gasteiger partial charge on any atom is 0.0367 e. The Labute approximate surface area is 115 Å². The van der Waals surface area contributed by atoms with E-state index in [0.717, 1.165) is 18.3 Å². The van der Waals surface area contributed by atoms with E-state index in [1.807, 2.05) is 0 Å². The predicted octanol–water partition coefficient (Wildman–Crippen LogP) is 3.13. The fourth-order valence-corrected chi connectivity index (χ4v) is 3.30. The first kappa shape index (κ1) is 13.8. The molecule has 1 aliphatic rings. The van der Waals surface area contributed by atoms with Crippen molar-refractivity contribution in [3.05, 3.63) is 29.8 Å². The molecular weight excluding hydrogens is 240 g/mol. The van der Waals surface area contributed by atoms with Crippen molar-refractivity contribution in [1.82, 2.24) is 5.32 Å². The van der Waals surface area contributed by atoms with Crippen molar-refractivity contribution in [2.24, 2.45) is 0 Å². The molecule has 1 aromatic rings. The first-order valence-electron chi connectivity index (χ1n) is 6.96. The highest BCUT2D eigenvalue weighted by atomic mass is 32.2. The number of nitrogens with zero attached hydrogens (tertiary/aromatic N) is 1. The van der Waals surface area contributed by atoms with Gasteiger partial charge in [0, 0.05) is 36.3 Å². The van der Waals surface area contributed by atoms with Gasteiger partial charge in [-0.1, -0.05) is 26.0 Å². The molecule has 0 aliphatic carbocycles. The molecule has 18 heavy (non-hydrogen) atoms. The summed E-state index contributed by atoms with van der Waals surface area (Å²) in [5.41, 5.74) is 2.76. The molecule has 2 rings (SSSR count).